The fraction of sp³-hybridized carbons (Fsp3) is 0.455. The normalized spacial score (nSPS) is 11.4. The third kappa shape index (κ3) is 2.53. The zero-order valence-electron chi connectivity index (χ0n) is 9.03. The van der Waals surface area contributed by atoms with Crippen LogP contribution >= 0.6 is 0 Å². The summed E-state index contributed by atoms with van der Waals surface area (Å²) in [5.74, 6) is 0.747. The summed E-state index contributed by atoms with van der Waals surface area (Å²) in [4.78, 5) is 8.41. The minimum Gasteiger partial charge on any atom is -0.439 e. The average molecular weight is 205 g/mol. The summed E-state index contributed by atoms with van der Waals surface area (Å²) in [6.45, 7) is 5.12. The number of aromatic nitrogens is 2. The summed E-state index contributed by atoms with van der Waals surface area (Å²) in [6.07, 6.45) is 2.52. The summed E-state index contributed by atoms with van der Waals surface area (Å²) in [7, 11) is 0. The van der Waals surface area contributed by atoms with Crippen molar-refractivity contribution in [3.05, 3.63) is 24.2 Å². The first-order chi connectivity index (χ1) is 7.25. The zero-order valence-corrected chi connectivity index (χ0v) is 9.03. The standard InChI is InChI=1S/C11H15N3O/c1-8(2)12-7-5-10-14-11-9(15-10)4-3-6-13-11/h3-4,6,8,12H,5,7H2,1-2H3. The Morgan fingerprint density at radius 2 is 2.33 bits per heavy atom. The van der Waals surface area contributed by atoms with Gasteiger partial charge in [0.2, 0.25) is 0 Å². The van der Waals surface area contributed by atoms with Crippen LogP contribution in [0.4, 0.5) is 0 Å². The van der Waals surface area contributed by atoms with E-state index in [1.807, 2.05) is 12.1 Å². The van der Waals surface area contributed by atoms with Crippen molar-refractivity contribution >= 4 is 11.2 Å². The van der Waals surface area contributed by atoms with E-state index in [0.29, 0.717) is 11.7 Å². The minimum atomic E-state index is 0.493. The van der Waals surface area contributed by atoms with Crippen LogP contribution < -0.4 is 5.32 Å². The van der Waals surface area contributed by atoms with Gasteiger partial charge in [-0.2, -0.15) is 4.98 Å². The molecule has 0 bridgehead atoms. The van der Waals surface area contributed by atoms with Crippen molar-refractivity contribution in [2.75, 3.05) is 6.54 Å². The van der Waals surface area contributed by atoms with Gasteiger partial charge in [0.25, 0.3) is 0 Å². The van der Waals surface area contributed by atoms with E-state index in [2.05, 4.69) is 29.1 Å². The van der Waals surface area contributed by atoms with E-state index in [0.717, 1.165) is 24.4 Å². The maximum atomic E-state index is 5.54. The van der Waals surface area contributed by atoms with Crippen LogP contribution in [-0.2, 0) is 6.42 Å². The molecule has 1 N–H and O–H groups in total. The van der Waals surface area contributed by atoms with Crippen LogP contribution in [0.5, 0.6) is 0 Å². The third-order valence-corrected chi connectivity index (χ3v) is 2.10. The number of nitrogens with one attached hydrogen (secondary N) is 1. The van der Waals surface area contributed by atoms with Crippen molar-refractivity contribution in [3.8, 4) is 0 Å². The lowest BCUT2D eigenvalue weighted by Crippen LogP contribution is -2.24. The summed E-state index contributed by atoms with van der Waals surface area (Å²) in [6, 6.07) is 4.23. The molecule has 0 aromatic carbocycles. The first-order valence-electron chi connectivity index (χ1n) is 5.19. The maximum Gasteiger partial charge on any atom is 0.198 e. The monoisotopic (exact) mass is 205 g/mol. The highest BCUT2D eigenvalue weighted by atomic mass is 16.3. The molecule has 2 aromatic heterocycles. The second-order valence-electron chi connectivity index (χ2n) is 3.79. The van der Waals surface area contributed by atoms with Crippen LogP contribution in [-0.4, -0.2) is 22.6 Å². The number of hydrogen-bond donors (Lipinski definition) is 1. The molecule has 80 valence electrons. The zero-order chi connectivity index (χ0) is 10.7. The summed E-state index contributed by atoms with van der Waals surface area (Å²) in [5, 5.41) is 3.32. The Labute approximate surface area is 88.7 Å². The molecule has 0 unspecified atom stereocenters. The van der Waals surface area contributed by atoms with Crippen LogP contribution in [0.2, 0.25) is 0 Å². The molecule has 0 amide bonds. The van der Waals surface area contributed by atoms with E-state index in [4.69, 9.17) is 4.42 Å². The molecule has 15 heavy (non-hydrogen) atoms. The number of oxazole rings is 1. The van der Waals surface area contributed by atoms with Gasteiger partial charge in [0.15, 0.2) is 17.1 Å². The predicted octanol–water partition coefficient (Wildman–Crippen LogP) is 1.76. The van der Waals surface area contributed by atoms with Crippen LogP contribution in [0.15, 0.2) is 22.7 Å². The Hall–Kier alpha value is -1.42. The average Bonchev–Trinajstić information content (AvgIpc) is 2.59. The highest BCUT2D eigenvalue weighted by molar-refractivity contribution is 5.66. The maximum absolute atomic E-state index is 5.54. The molecule has 2 heterocycles. The SMILES string of the molecule is CC(C)NCCc1nc2ncccc2o1. The number of pyridine rings is 1. The van der Waals surface area contributed by atoms with Crippen LogP contribution in [0.25, 0.3) is 11.2 Å². The number of nitrogens with zero attached hydrogens (tertiary/aromatic N) is 2. The van der Waals surface area contributed by atoms with E-state index in [-0.39, 0.29) is 0 Å². The van der Waals surface area contributed by atoms with Gasteiger partial charge in [-0.15, -0.1) is 0 Å². The summed E-state index contributed by atoms with van der Waals surface area (Å²) < 4.78 is 5.54. The quantitative estimate of drug-likeness (QED) is 0.826. The Balaban J connectivity index is 2.03. The summed E-state index contributed by atoms with van der Waals surface area (Å²) >= 11 is 0. The highest BCUT2D eigenvalue weighted by Crippen LogP contribution is 2.12. The van der Waals surface area contributed by atoms with Gasteiger partial charge in [0.05, 0.1) is 0 Å². The van der Waals surface area contributed by atoms with Crippen molar-refractivity contribution in [2.24, 2.45) is 0 Å². The largest absolute Gasteiger partial charge is 0.439 e. The van der Waals surface area contributed by atoms with Crippen LogP contribution in [0.3, 0.4) is 0 Å². The van der Waals surface area contributed by atoms with E-state index in [9.17, 15) is 0 Å². The van der Waals surface area contributed by atoms with Crippen molar-refractivity contribution in [1.82, 2.24) is 15.3 Å². The molecular weight excluding hydrogens is 190 g/mol. The van der Waals surface area contributed by atoms with E-state index in [1.54, 1.807) is 6.20 Å². The second kappa shape index (κ2) is 4.40. The molecular formula is C11H15N3O. The molecule has 0 aliphatic rings. The van der Waals surface area contributed by atoms with Gasteiger partial charge in [-0.1, -0.05) is 13.8 Å². The molecule has 0 saturated heterocycles. The molecule has 4 heteroatoms. The van der Waals surface area contributed by atoms with Crippen molar-refractivity contribution in [1.29, 1.82) is 0 Å². The lowest BCUT2D eigenvalue weighted by molar-refractivity contribution is 0.501. The molecule has 0 atom stereocenters. The fourth-order valence-corrected chi connectivity index (χ4v) is 1.39. The number of hydrogen-bond acceptors (Lipinski definition) is 4. The Morgan fingerprint density at radius 1 is 1.47 bits per heavy atom. The van der Waals surface area contributed by atoms with Crippen LogP contribution in [0, 0.1) is 0 Å². The first-order valence-corrected chi connectivity index (χ1v) is 5.19. The van der Waals surface area contributed by atoms with Gasteiger partial charge in [0.1, 0.15) is 0 Å². The molecule has 0 spiro atoms. The van der Waals surface area contributed by atoms with Gasteiger partial charge >= 0.3 is 0 Å². The summed E-state index contributed by atoms with van der Waals surface area (Å²) in [5.41, 5.74) is 1.45. The van der Waals surface area contributed by atoms with Crippen molar-refractivity contribution < 1.29 is 4.42 Å². The molecule has 0 aliphatic carbocycles. The van der Waals surface area contributed by atoms with E-state index >= 15 is 0 Å². The van der Waals surface area contributed by atoms with Gasteiger partial charge in [-0.05, 0) is 12.1 Å². The minimum absolute atomic E-state index is 0.493. The molecule has 0 fully saturated rings. The van der Waals surface area contributed by atoms with Gasteiger partial charge in [0, 0.05) is 25.2 Å². The molecule has 0 radical (unpaired) electrons. The fourth-order valence-electron chi connectivity index (χ4n) is 1.39. The van der Waals surface area contributed by atoms with Gasteiger partial charge in [-0.3, -0.25) is 0 Å². The van der Waals surface area contributed by atoms with Gasteiger partial charge in [-0.25, -0.2) is 4.98 Å². The number of fused-ring (bicyclic) bond motifs is 1. The van der Waals surface area contributed by atoms with E-state index < -0.39 is 0 Å². The Kier molecular flexibility index (Phi) is 2.97. The van der Waals surface area contributed by atoms with Crippen molar-refractivity contribution in [2.45, 2.75) is 26.3 Å². The lowest BCUT2D eigenvalue weighted by atomic mass is 10.3. The molecule has 2 aromatic rings. The smallest absolute Gasteiger partial charge is 0.198 e. The topological polar surface area (TPSA) is 51.0 Å². The molecule has 0 aliphatic heterocycles. The Bertz CT molecular complexity index is 403. The molecule has 2 rings (SSSR count). The second-order valence-corrected chi connectivity index (χ2v) is 3.79. The molecule has 0 saturated carbocycles. The lowest BCUT2D eigenvalue weighted by Gasteiger charge is -2.04. The number of rotatable bonds is 4. The highest BCUT2D eigenvalue weighted by Gasteiger charge is 2.05. The molecule has 4 nitrogen and oxygen atoms in total. The first kappa shape index (κ1) is 10.1. The van der Waals surface area contributed by atoms with Crippen molar-refractivity contribution in [3.63, 3.8) is 0 Å². The van der Waals surface area contributed by atoms with Crippen LogP contribution in [0.1, 0.15) is 19.7 Å². The van der Waals surface area contributed by atoms with Gasteiger partial charge < -0.3 is 9.73 Å². The Morgan fingerprint density at radius 3 is 3.07 bits per heavy atom. The third-order valence-electron chi connectivity index (χ3n) is 2.10. The van der Waals surface area contributed by atoms with E-state index in [1.165, 1.54) is 0 Å². The predicted molar refractivity (Wildman–Crippen MR) is 58.6 cm³/mol.